The van der Waals surface area contributed by atoms with E-state index in [1.54, 1.807) is 12.1 Å². The van der Waals surface area contributed by atoms with Gasteiger partial charge in [0.15, 0.2) is 10.9 Å². The van der Waals surface area contributed by atoms with Crippen LogP contribution >= 0.6 is 12.2 Å². The minimum Gasteiger partial charge on any atom is -0.438 e. The van der Waals surface area contributed by atoms with Crippen molar-refractivity contribution >= 4 is 23.1 Å². The number of thiocarbonyl (C=S) groups is 1. The quantitative estimate of drug-likeness (QED) is 0.758. The molecule has 8 heteroatoms. The molecule has 1 aromatic heterocycles. The van der Waals surface area contributed by atoms with Gasteiger partial charge in [0.1, 0.15) is 5.75 Å². The van der Waals surface area contributed by atoms with Crippen LogP contribution < -0.4 is 15.4 Å². The molecule has 3 rings (SSSR count). The second-order valence-corrected chi connectivity index (χ2v) is 5.92. The third kappa shape index (κ3) is 5.93. The molecule has 0 saturated carbocycles. The van der Waals surface area contributed by atoms with Crippen molar-refractivity contribution in [2.75, 3.05) is 44.7 Å². The summed E-state index contributed by atoms with van der Waals surface area (Å²) in [5.41, 5.74) is 0. The largest absolute Gasteiger partial charge is 0.438 e. The van der Waals surface area contributed by atoms with Crippen molar-refractivity contribution in [2.45, 2.75) is 0 Å². The van der Waals surface area contributed by atoms with E-state index in [1.165, 1.54) is 0 Å². The Hall–Kier alpha value is -2.29. The molecule has 1 saturated heterocycles. The molecule has 1 aliphatic heterocycles. The second-order valence-electron chi connectivity index (χ2n) is 5.51. The molecule has 132 valence electrons. The highest BCUT2D eigenvalue weighted by molar-refractivity contribution is 7.80. The normalized spacial score (nSPS) is 14.7. The molecule has 0 bridgehead atoms. The molecule has 2 N–H and O–H groups in total. The SMILES string of the molecule is S=C(NCCN1CCOCC1)Nc1ccc(Oc2ccccc2)nn1. The van der Waals surface area contributed by atoms with Crippen LogP contribution in [-0.2, 0) is 4.74 Å². The first-order valence-electron chi connectivity index (χ1n) is 8.21. The van der Waals surface area contributed by atoms with Gasteiger partial charge in [-0.15, -0.1) is 10.2 Å². The summed E-state index contributed by atoms with van der Waals surface area (Å²) < 4.78 is 10.9. The van der Waals surface area contributed by atoms with Crippen molar-refractivity contribution in [3.05, 3.63) is 42.5 Å². The molecule has 2 aromatic rings. The number of nitrogens with one attached hydrogen (secondary N) is 2. The van der Waals surface area contributed by atoms with Crippen molar-refractivity contribution in [3.63, 3.8) is 0 Å². The van der Waals surface area contributed by atoms with Gasteiger partial charge in [-0.25, -0.2) is 0 Å². The van der Waals surface area contributed by atoms with E-state index < -0.39 is 0 Å². The molecule has 0 spiro atoms. The van der Waals surface area contributed by atoms with Gasteiger partial charge >= 0.3 is 0 Å². The lowest BCUT2D eigenvalue weighted by molar-refractivity contribution is 0.0389. The van der Waals surface area contributed by atoms with Crippen LogP contribution in [0.15, 0.2) is 42.5 Å². The maximum atomic E-state index is 5.60. The fraction of sp³-hybridized carbons (Fsp3) is 0.353. The molecule has 0 unspecified atom stereocenters. The Morgan fingerprint density at radius 2 is 1.92 bits per heavy atom. The molecular formula is C17H21N5O2S. The van der Waals surface area contributed by atoms with E-state index in [0.29, 0.717) is 16.8 Å². The number of benzene rings is 1. The first kappa shape index (κ1) is 17.5. The van der Waals surface area contributed by atoms with Crippen LogP contribution in [0, 0.1) is 0 Å². The molecule has 0 atom stereocenters. The number of aromatic nitrogens is 2. The Morgan fingerprint density at radius 3 is 2.64 bits per heavy atom. The standard InChI is InChI=1S/C17H21N5O2S/c25-17(18-8-9-22-10-12-23-13-11-22)19-15-6-7-16(21-20-15)24-14-4-2-1-3-5-14/h1-7H,8-13H2,(H2,18,19,20,25). The monoisotopic (exact) mass is 359 g/mol. The number of hydrogen-bond acceptors (Lipinski definition) is 6. The van der Waals surface area contributed by atoms with E-state index in [-0.39, 0.29) is 0 Å². The van der Waals surface area contributed by atoms with Crippen LogP contribution in [-0.4, -0.2) is 59.6 Å². The third-order valence-corrected chi connectivity index (χ3v) is 3.91. The molecular weight excluding hydrogens is 338 g/mol. The molecule has 1 aromatic carbocycles. The number of nitrogens with zero attached hydrogens (tertiary/aromatic N) is 3. The van der Waals surface area contributed by atoms with Gasteiger partial charge in [0.05, 0.1) is 13.2 Å². The number of hydrogen-bond donors (Lipinski definition) is 2. The second kappa shape index (κ2) is 9.26. The fourth-order valence-electron chi connectivity index (χ4n) is 2.36. The van der Waals surface area contributed by atoms with Crippen LogP contribution in [0.3, 0.4) is 0 Å². The number of rotatable bonds is 6. The van der Waals surface area contributed by atoms with Crippen LogP contribution in [0.1, 0.15) is 0 Å². The van der Waals surface area contributed by atoms with E-state index in [9.17, 15) is 0 Å². The molecule has 0 amide bonds. The predicted octanol–water partition coefficient (Wildman–Crippen LogP) is 1.89. The lowest BCUT2D eigenvalue weighted by atomic mass is 10.3. The third-order valence-electron chi connectivity index (χ3n) is 3.66. The van der Waals surface area contributed by atoms with E-state index >= 15 is 0 Å². The van der Waals surface area contributed by atoms with Gasteiger partial charge in [0, 0.05) is 32.2 Å². The minimum absolute atomic E-state index is 0.433. The summed E-state index contributed by atoms with van der Waals surface area (Å²) >= 11 is 5.28. The zero-order chi connectivity index (χ0) is 17.3. The van der Waals surface area contributed by atoms with Gasteiger partial charge in [-0.1, -0.05) is 18.2 Å². The Kier molecular flexibility index (Phi) is 6.49. The maximum absolute atomic E-state index is 5.60. The van der Waals surface area contributed by atoms with Crippen LogP contribution in [0.4, 0.5) is 5.82 Å². The van der Waals surface area contributed by atoms with Crippen molar-refractivity contribution in [3.8, 4) is 11.6 Å². The summed E-state index contributed by atoms with van der Waals surface area (Å²) in [5, 5.41) is 14.8. The molecule has 1 fully saturated rings. The van der Waals surface area contributed by atoms with E-state index in [0.717, 1.165) is 45.1 Å². The highest BCUT2D eigenvalue weighted by Gasteiger charge is 2.09. The summed E-state index contributed by atoms with van der Waals surface area (Å²) in [6.45, 7) is 5.24. The summed E-state index contributed by atoms with van der Waals surface area (Å²) in [7, 11) is 0. The maximum Gasteiger partial charge on any atom is 0.238 e. The van der Waals surface area contributed by atoms with E-state index in [2.05, 4.69) is 25.7 Å². The molecule has 2 heterocycles. The number of anilines is 1. The molecule has 0 aliphatic carbocycles. The summed E-state index contributed by atoms with van der Waals surface area (Å²) in [6.07, 6.45) is 0. The lowest BCUT2D eigenvalue weighted by Crippen LogP contribution is -2.42. The molecule has 25 heavy (non-hydrogen) atoms. The summed E-state index contributed by atoms with van der Waals surface area (Å²) in [4.78, 5) is 2.34. The zero-order valence-electron chi connectivity index (χ0n) is 13.9. The highest BCUT2D eigenvalue weighted by Crippen LogP contribution is 2.18. The lowest BCUT2D eigenvalue weighted by Gasteiger charge is -2.26. The average Bonchev–Trinajstić information content (AvgIpc) is 2.65. The fourth-order valence-corrected chi connectivity index (χ4v) is 2.57. The van der Waals surface area contributed by atoms with Gasteiger partial charge in [0.2, 0.25) is 5.88 Å². The smallest absolute Gasteiger partial charge is 0.238 e. The number of morpholine rings is 1. The first-order valence-corrected chi connectivity index (χ1v) is 8.62. The number of para-hydroxylation sites is 1. The molecule has 0 radical (unpaired) electrons. The van der Waals surface area contributed by atoms with E-state index in [1.807, 2.05) is 30.3 Å². The molecule has 1 aliphatic rings. The van der Waals surface area contributed by atoms with Crippen molar-refractivity contribution in [1.29, 1.82) is 0 Å². The summed E-state index contributed by atoms with van der Waals surface area (Å²) in [5.74, 6) is 1.73. The van der Waals surface area contributed by atoms with Gasteiger partial charge in [-0.3, -0.25) is 4.90 Å². The van der Waals surface area contributed by atoms with Gasteiger partial charge in [-0.2, -0.15) is 0 Å². The van der Waals surface area contributed by atoms with E-state index in [4.69, 9.17) is 21.7 Å². The topological polar surface area (TPSA) is 71.5 Å². The predicted molar refractivity (Wildman–Crippen MR) is 100 cm³/mol. The highest BCUT2D eigenvalue weighted by atomic mass is 32.1. The van der Waals surface area contributed by atoms with Gasteiger partial charge in [0.25, 0.3) is 0 Å². The van der Waals surface area contributed by atoms with Crippen molar-refractivity contribution in [1.82, 2.24) is 20.4 Å². The Morgan fingerprint density at radius 1 is 1.12 bits per heavy atom. The first-order chi connectivity index (χ1) is 12.3. The van der Waals surface area contributed by atoms with Crippen molar-refractivity contribution in [2.24, 2.45) is 0 Å². The van der Waals surface area contributed by atoms with Gasteiger partial charge < -0.3 is 20.1 Å². The Bertz CT molecular complexity index is 662. The average molecular weight is 359 g/mol. The minimum atomic E-state index is 0.433. The van der Waals surface area contributed by atoms with Crippen LogP contribution in [0.25, 0.3) is 0 Å². The number of ether oxygens (including phenoxy) is 2. The summed E-state index contributed by atoms with van der Waals surface area (Å²) in [6, 6.07) is 13.0. The van der Waals surface area contributed by atoms with Crippen LogP contribution in [0.2, 0.25) is 0 Å². The van der Waals surface area contributed by atoms with Crippen molar-refractivity contribution < 1.29 is 9.47 Å². The zero-order valence-corrected chi connectivity index (χ0v) is 14.7. The Balaban J connectivity index is 1.40. The Labute approximate surface area is 152 Å². The molecule has 7 nitrogen and oxygen atoms in total. The van der Waals surface area contributed by atoms with Gasteiger partial charge in [-0.05, 0) is 30.4 Å². The van der Waals surface area contributed by atoms with Crippen LogP contribution in [0.5, 0.6) is 11.6 Å².